The first-order valence-electron chi connectivity index (χ1n) is 5.08. The minimum absolute atomic E-state index is 0.153. The number of hydrogen-bond acceptors (Lipinski definition) is 2. The molecule has 0 aromatic heterocycles. The normalized spacial score (nSPS) is 43.5. The van der Waals surface area contributed by atoms with Crippen LogP contribution in [0, 0.1) is 11.8 Å². The number of carboxylic acids is 1. The fraction of sp³-hybridized carbons (Fsp3) is 0.900. The number of nitrogens with two attached hydrogens (primary N) is 1. The monoisotopic (exact) mass is 183 g/mol. The van der Waals surface area contributed by atoms with Crippen LogP contribution in [0.15, 0.2) is 0 Å². The van der Waals surface area contributed by atoms with Crippen LogP contribution >= 0.6 is 0 Å². The number of carboxylic acid groups (broad SMARTS) is 1. The van der Waals surface area contributed by atoms with Gasteiger partial charge < -0.3 is 10.8 Å². The molecule has 13 heavy (non-hydrogen) atoms. The zero-order valence-corrected chi connectivity index (χ0v) is 7.83. The number of hydrogen-bond donors (Lipinski definition) is 2. The zero-order valence-electron chi connectivity index (χ0n) is 7.83. The fourth-order valence-corrected chi connectivity index (χ4v) is 3.23. The quantitative estimate of drug-likeness (QED) is 0.679. The molecule has 0 amide bonds. The van der Waals surface area contributed by atoms with E-state index in [4.69, 9.17) is 10.8 Å². The van der Waals surface area contributed by atoms with Gasteiger partial charge in [0.25, 0.3) is 0 Å². The van der Waals surface area contributed by atoms with Crippen molar-refractivity contribution in [3.05, 3.63) is 0 Å². The van der Waals surface area contributed by atoms with E-state index in [-0.39, 0.29) is 6.42 Å². The van der Waals surface area contributed by atoms with Crippen molar-refractivity contribution >= 4 is 5.97 Å². The molecule has 74 valence electrons. The fourth-order valence-electron chi connectivity index (χ4n) is 3.23. The van der Waals surface area contributed by atoms with Crippen LogP contribution in [0.2, 0.25) is 0 Å². The van der Waals surface area contributed by atoms with Crippen molar-refractivity contribution in [2.75, 3.05) is 0 Å². The molecule has 1 unspecified atom stereocenters. The largest absolute Gasteiger partial charge is 0.481 e. The van der Waals surface area contributed by atoms with Crippen LogP contribution in [0.5, 0.6) is 0 Å². The van der Waals surface area contributed by atoms with E-state index in [0.717, 1.165) is 12.8 Å². The molecule has 2 aliphatic carbocycles. The van der Waals surface area contributed by atoms with Gasteiger partial charge in [-0.05, 0) is 31.1 Å². The Kier molecular flexibility index (Phi) is 2.06. The van der Waals surface area contributed by atoms with Crippen LogP contribution in [-0.2, 0) is 4.79 Å². The molecule has 0 aromatic carbocycles. The number of aliphatic carboxylic acids is 1. The van der Waals surface area contributed by atoms with Gasteiger partial charge in [0.05, 0.1) is 6.42 Å². The lowest BCUT2D eigenvalue weighted by Gasteiger charge is -2.36. The van der Waals surface area contributed by atoms with Gasteiger partial charge in [0.2, 0.25) is 0 Å². The van der Waals surface area contributed by atoms with Crippen molar-refractivity contribution in [2.24, 2.45) is 17.6 Å². The molecule has 0 aromatic rings. The van der Waals surface area contributed by atoms with E-state index in [9.17, 15) is 4.79 Å². The van der Waals surface area contributed by atoms with Crippen molar-refractivity contribution in [3.8, 4) is 0 Å². The molecule has 0 saturated heterocycles. The Morgan fingerprint density at radius 1 is 1.38 bits per heavy atom. The zero-order chi connectivity index (χ0) is 9.47. The molecule has 3 N–H and O–H groups in total. The van der Waals surface area contributed by atoms with Crippen molar-refractivity contribution < 1.29 is 9.90 Å². The average Bonchev–Trinajstić information content (AvgIpc) is 2.27. The van der Waals surface area contributed by atoms with E-state index in [2.05, 4.69) is 0 Å². The van der Waals surface area contributed by atoms with Gasteiger partial charge in [-0.2, -0.15) is 0 Å². The molecule has 3 nitrogen and oxygen atoms in total. The Labute approximate surface area is 78.3 Å². The number of rotatable bonds is 2. The smallest absolute Gasteiger partial charge is 0.305 e. The number of fused-ring (bicyclic) bond motifs is 2. The van der Waals surface area contributed by atoms with Gasteiger partial charge in [-0.25, -0.2) is 0 Å². The summed E-state index contributed by atoms with van der Waals surface area (Å²) in [6.45, 7) is 0. The summed E-state index contributed by atoms with van der Waals surface area (Å²) in [6.07, 6.45) is 5.83. The highest BCUT2D eigenvalue weighted by atomic mass is 16.4. The molecule has 0 heterocycles. The summed E-state index contributed by atoms with van der Waals surface area (Å²) in [4.78, 5) is 10.6. The molecular weight excluding hydrogens is 166 g/mol. The molecule has 2 fully saturated rings. The minimum atomic E-state index is -0.746. The predicted octanol–water partition coefficient (Wildman–Crippen LogP) is 1.37. The Morgan fingerprint density at radius 2 is 1.92 bits per heavy atom. The Balaban J connectivity index is 2.03. The first-order valence-corrected chi connectivity index (χ1v) is 5.08. The Bertz CT molecular complexity index is 215. The molecule has 2 bridgehead atoms. The van der Waals surface area contributed by atoms with E-state index in [1.54, 1.807) is 0 Å². The maximum Gasteiger partial charge on any atom is 0.305 e. The summed E-state index contributed by atoms with van der Waals surface area (Å²) in [7, 11) is 0. The second-order valence-electron chi connectivity index (χ2n) is 4.89. The van der Waals surface area contributed by atoms with Crippen LogP contribution in [0.3, 0.4) is 0 Å². The van der Waals surface area contributed by atoms with E-state index in [1.807, 2.05) is 0 Å². The second-order valence-corrected chi connectivity index (χ2v) is 4.89. The molecule has 0 aliphatic heterocycles. The molecule has 0 spiro atoms. The van der Waals surface area contributed by atoms with Gasteiger partial charge >= 0.3 is 5.97 Å². The summed E-state index contributed by atoms with van der Waals surface area (Å²) in [5.74, 6) is 0.676. The molecule has 2 rings (SSSR count). The summed E-state index contributed by atoms with van der Waals surface area (Å²) in [6, 6.07) is 0. The van der Waals surface area contributed by atoms with E-state index in [0.29, 0.717) is 11.8 Å². The summed E-state index contributed by atoms with van der Waals surface area (Å²) in [5, 5.41) is 8.74. The predicted molar refractivity (Wildman–Crippen MR) is 49.2 cm³/mol. The van der Waals surface area contributed by atoms with Crippen LogP contribution < -0.4 is 5.73 Å². The highest BCUT2D eigenvalue weighted by Gasteiger charge is 2.42. The summed E-state index contributed by atoms with van der Waals surface area (Å²) < 4.78 is 0. The Hall–Kier alpha value is -0.570. The third kappa shape index (κ3) is 1.85. The van der Waals surface area contributed by atoms with Gasteiger partial charge in [-0.15, -0.1) is 0 Å². The van der Waals surface area contributed by atoms with Crippen molar-refractivity contribution in [1.29, 1.82) is 0 Å². The SMILES string of the molecule is NC1(CC(=O)O)C[C@@H]2CC[C@@H](C2)C1. The number of carbonyl (C=O) groups is 1. The summed E-state index contributed by atoms with van der Waals surface area (Å²) in [5.41, 5.74) is 5.71. The van der Waals surface area contributed by atoms with Crippen LogP contribution in [-0.4, -0.2) is 16.6 Å². The lowest BCUT2D eigenvalue weighted by Crippen LogP contribution is -2.46. The summed E-state index contributed by atoms with van der Waals surface area (Å²) >= 11 is 0. The van der Waals surface area contributed by atoms with Crippen molar-refractivity contribution in [2.45, 2.75) is 44.1 Å². The Morgan fingerprint density at radius 3 is 2.38 bits per heavy atom. The molecular formula is C10H17NO2. The maximum atomic E-state index is 10.6. The van der Waals surface area contributed by atoms with E-state index in [1.165, 1.54) is 19.3 Å². The van der Waals surface area contributed by atoms with E-state index < -0.39 is 11.5 Å². The molecule has 2 saturated carbocycles. The van der Waals surface area contributed by atoms with Crippen LogP contribution in [0.1, 0.15) is 38.5 Å². The maximum absolute atomic E-state index is 10.6. The second kappa shape index (κ2) is 2.98. The molecule has 3 heteroatoms. The molecule has 0 radical (unpaired) electrons. The third-order valence-corrected chi connectivity index (χ3v) is 3.54. The van der Waals surface area contributed by atoms with Crippen LogP contribution in [0.25, 0.3) is 0 Å². The van der Waals surface area contributed by atoms with E-state index >= 15 is 0 Å². The molecule has 2 aliphatic rings. The van der Waals surface area contributed by atoms with Gasteiger partial charge in [0, 0.05) is 5.54 Å². The van der Waals surface area contributed by atoms with Gasteiger partial charge in [-0.1, -0.05) is 12.8 Å². The highest BCUT2D eigenvalue weighted by Crippen LogP contribution is 2.46. The highest BCUT2D eigenvalue weighted by molar-refractivity contribution is 5.68. The van der Waals surface area contributed by atoms with Crippen molar-refractivity contribution in [3.63, 3.8) is 0 Å². The topological polar surface area (TPSA) is 63.3 Å². The first-order chi connectivity index (χ1) is 6.07. The lowest BCUT2D eigenvalue weighted by molar-refractivity contribution is -0.138. The average molecular weight is 183 g/mol. The molecule has 3 atom stereocenters. The van der Waals surface area contributed by atoms with Gasteiger partial charge in [0.1, 0.15) is 0 Å². The lowest BCUT2D eigenvalue weighted by atomic mass is 9.74. The first kappa shape index (κ1) is 9.00. The van der Waals surface area contributed by atoms with Crippen LogP contribution in [0.4, 0.5) is 0 Å². The minimum Gasteiger partial charge on any atom is -0.481 e. The third-order valence-electron chi connectivity index (χ3n) is 3.54. The standard InChI is InChI=1S/C10H17NO2/c11-10(6-9(12)13)4-7-1-2-8(3-7)5-10/h7-8H,1-6,11H2,(H,12,13)/t7-,8+,10?. The van der Waals surface area contributed by atoms with Crippen molar-refractivity contribution in [1.82, 2.24) is 0 Å². The van der Waals surface area contributed by atoms with Gasteiger partial charge in [0.15, 0.2) is 0 Å². The van der Waals surface area contributed by atoms with Gasteiger partial charge in [-0.3, -0.25) is 4.79 Å².